The van der Waals surface area contributed by atoms with E-state index in [1.165, 1.54) is 0 Å². The summed E-state index contributed by atoms with van der Waals surface area (Å²) in [6.07, 6.45) is 3.35. The van der Waals surface area contributed by atoms with Gasteiger partial charge in [-0.05, 0) is 6.07 Å². The van der Waals surface area contributed by atoms with E-state index in [0.717, 1.165) is 10.5 Å². The normalized spacial score (nSPS) is 15.4. The number of aromatic nitrogens is 1. The van der Waals surface area contributed by atoms with Crippen LogP contribution in [-0.4, -0.2) is 16.5 Å². The Kier molecular flexibility index (Phi) is 1.24. The molecule has 10 heavy (non-hydrogen) atoms. The predicted molar refractivity (Wildman–Crippen MR) is 39.3 cm³/mol. The van der Waals surface area contributed by atoms with E-state index in [2.05, 4.69) is 4.98 Å². The van der Waals surface area contributed by atoms with Gasteiger partial charge in [0.05, 0.1) is 11.3 Å². The molecule has 0 bridgehead atoms. The lowest BCUT2D eigenvalue weighted by atomic mass is 10.2. The number of thioether (sulfide) groups is 1. The van der Waals surface area contributed by atoms with Gasteiger partial charge in [-0.25, -0.2) is 0 Å². The second-order valence-electron chi connectivity index (χ2n) is 2.08. The molecular weight excluding hydrogens is 146 g/mol. The Balaban J connectivity index is 2.61. The Labute approximate surface area is 62.7 Å². The molecule has 0 amide bonds. The number of nitrogens with zero attached hydrogens (tertiary/aromatic N) is 1. The molecule has 0 fully saturated rings. The molecule has 1 aliphatic heterocycles. The fourth-order valence-corrected chi connectivity index (χ4v) is 1.86. The standard InChI is InChI=1S/C7H5NOS/c9-6-4-10-7-1-2-8-3-5(6)7/h1-3H,4H2. The van der Waals surface area contributed by atoms with Crippen LogP contribution in [0.2, 0.25) is 0 Å². The second kappa shape index (κ2) is 2.09. The summed E-state index contributed by atoms with van der Waals surface area (Å²) >= 11 is 1.59. The van der Waals surface area contributed by atoms with Gasteiger partial charge in [-0.2, -0.15) is 0 Å². The summed E-state index contributed by atoms with van der Waals surface area (Å²) in [6.45, 7) is 0. The quantitative estimate of drug-likeness (QED) is 0.561. The predicted octanol–water partition coefficient (Wildman–Crippen LogP) is 1.37. The minimum Gasteiger partial charge on any atom is -0.293 e. The molecule has 0 saturated carbocycles. The van der Waals surface area contributed by atoms with E-state index in [1.54, 1.807) is 24.2 Å². The monoisotopic (exact) mass is 151 g/mol. The van der Waals surface area contributed by atoms with Crippen molar-refractivity contribution in [3.8, 4) is 0 Å². The number of ketones is 1. The Hall–Kier alpha value is -0.830. The molecular formula is C7H5NOS. The molecule has 0 radical (unpaired) electrons. The SMILES string of the molecule is O=C1CSc2ccncc21. The van der Waals surface area contributed by atoms with Crippen LogP contribution in [0.4, 0.5) is 0 Å². The largest absolute Gasteiger partial charge is 0.293 e. The molecule has 0 aromatic carbocycles. The highest BCUT2D eigenvalue weighted by Crippen LogP contribution is 2.29. The molecule has 1 aliphatic rings. The minimum absolute atomic E-state index is 0.202. The molecule has 1 aromatic rings. The van der Waals surface area contributed by atoms with Crippen molar-refractivity contribution >= 4 is 17.5 Å². The first-order chi connectivity index (χ1) is 4.88. The van der Waals surface area contributed by atoms with Gasteiger partial charge in [0, 0.05) is 17.3 Å². The number of fused-ring (bicyclic) bond motifs is 1. The molecule has 2 nitrogen and oxygen atoms in total. The molecule has 1 aromatic heterocycles. The zero-order valence-electron chi connectivity index (χ0n) is 5.20. The van der Waals surface area contributed by atoms with Gasteiger partial charge < -0.3 is 0 Å². The van der Waals surface area contributed by atoms with Crippen molar-refractivity contribution in [2.75, 3.05) is 5.75 Å². The first-order valence-electron chi connectivity index (χ1n) is 2.98. The van der Waals surface area contributed by atoms with Crippen molar-refractivity contribution in [3.05, 3.63) is 24.0 Å². The first kappa shape index (κ1) is 5.92. The van der Waals surface area contributed by atoms with Crippen LogP contribution in [0.1, 0.15) is 10.4 Å². The van der Waals surface area contributed by atoms with Crippen LogP contribution in [0.3, 0.4) is 0 Å². The van der Waals surface area contributed by atoms with Gasteiger partial charge >= 0.3 is 0 Å². The van der Waals surface area contributed by atoms with Crippen molar-refractivity contribution in [3.63, 3.8) is 0 Å². The van der Waals surface area contributed by atoms with Gasteiger partial charge in [-0.3, -0.25) is 9.78 Å². The van der Waals surface area contributed by atoms with Crippen molar-refractivity contribution in [2.45, 2.75) is 4.90 Å². The highest BCUT2D eigenvalue weighted by molar-refractivity contribution is 8.00. The van der Waals surface area contributed by atoms with Crippen molar-refractivity contribution in [1.82, 2.24) is 4.98 Å². The van der Waals surface area contributed by atoms with Crippen LogP contribution in [0.5, 0.6) is 0 Å². The Morgan fingerprint density at radius 1 is 1.60 bits per heavy atom. The van der Waals surface area contributed by atoms with Crippen molar-refractivity contribution in [2.24, 2.45) is 0 Å². The van der Waals surface area contributed by atoms with E-state index in [1.807, 2.05) is 6.07 Å². The van der Waals surface area contributed by atoms with Crippen molar-refractivity contribution < 1.29 is 4.79 Å². The summed E-state index contributed by atoms with van der Waals surface area (Å²) in [5.74, 6) is 0.786. The molecule has 2 heterocycles. The Bertz CT molecular complexity index is 285. The van der Waals surface area contributed by atoms with Crippen LogP contribution in [0.25, 0.3) is 0 Å². The van der Waals surface area contributed by atoms with E-state index < -0.39 is 0 Å². The molecule has 50 valence electrons. The number of hydrogen-bond acceptors (Lipinski definition) is 3. The summed E-state index contributed by atoms with van der Waals surface area (Å²) in [5, 5.41) is 0. The fourth-order valence-electron chi connectivity index (χ4n) is 0.938. The summed E-state index contributed by atoms with van der Waals surface area (Å²) in [6, 6.07) is 1.88. The van der Waals surface area contributed by atoms with E-state index >= 15 is 0 Å². The molecule has 0 N–H and O–H groups in total. The molecule has 0 atom stereocenters. The van der Waals surface area contributed by atoms with Crippen LogP contribution in [0, 0.1) is 0 Å². The molecule has 0 unspecified atom stereocenters. The Morgan fingerprint density at radius 2 is 2.50 bits per heavy atom. The van der Waals surface area contributed by atoms with Gasteiger partial charge in [-0.1, -0.05) is 0 Å². The summed E-state index contributed by atoms with van der Waals surface area (Å²) < 4.78 is 0. The third-order valence-electron chi connectivity index (χ3n) is 1.44. The van der Waals surface area contributed by atoms with Crippen LogP contribution < -0.4 is 0 Å². The Morgan fingerprint density at radius 3 is 3.30 bits per heavy atom. The first-order valence-corrected chi connectivity index (χ1v) is 3.96. The van der Waals surface area contributed by atoms with Crippen LogP contribution in [0.15, 0.2) is 23.4 Å². The molecule has 2 rings (SSSR count). The second-order valence-corrected chi connectivity index (χ2v) is 3.10. The number of Topliss-reactive ketones (excluding diaryl/α,β-unsaturated/α-hetero) is 1. The molecule has 3 heteroatoms. The van der Waals surface area contributed by atoms with E-state index in [-0.39, 0.29) is 5.78 Å². The molecule has 0 saturated heterocycles. The fraction of sp³-hybridized carbons (Fsp3) is 0.143. The summed E-state index contributed by atoms with van der Waals surface area (Å²) in [5.41, 5.74) is 0.785. The molecule has 0 aliphatic carbocycles. The number of hydrogen-bond donors (Lipinski definition) is 0. The zero-order chi connectivity index (χ0) is 6.97. The average Bonchev–Trinajstić information content (AvgIpc) is 2.34. The van der Waals surface area contributed by atoms with E-state index in [0.29, 0.717) is 5.75 Å². The lowest BCUT2D eigenvalue weighted by Crippen LogP contribution is -1.94. The maximum atomic E-state index is 11.0. The summed E-state index contributed by atoms with van der Waals surface area (Å²) in [4.78, 5) is 15.9. The maximum Gasteiger partial charge on any atom is 0.175 e. The van der Waals surface area contributed by atoms with Gasteiger partial charge in [0.2, 0.25) is 0 Å². The van der Waals surface area contributed by atoms with Crippen LogP contribution >= 0.6 is 11.8 Å². The number of carbonyl (C=O) groups excluding carboxylic acids is 1. The van der Waals surface area contributed by atoms with Gasteiger partial charge in [-0.15, -0.1) is 11.8 Å². The van der Waals surface area contributed by atoms with E-state index in [4.69, 9.17) is 0 Å². The lowest BCUT2D eigenvalue weighted by Gasteiger charge is -1.90. The highest BCUT2D eigenvalue weighted by atomic mass is 32.2. The number of pyridine rings is 1. The smallest absolute Gasteiger partial charge is 0.175 e. The topological polar surface area (TPSA) is 30.0 Å². The third-order valence-corrected chi connectivity index (χ3v) is 2.51. The molecule has 0 spiro atoms. The minimum atomic E-state index is 0.202. The number of rotatable bonds is 0. The average molecular weight is 151 g/mol. The summed E-state index contributed by atoms with van der Waals surface area (Å²) in [7, 11) is 0. The van der Waals surface area contributed by atoms with Crippen LogP contribution in [-0.2, 0) is 0 Å². The van der Waals surface area contributed by atoms with Gasteiger partial charge in [0.25, 0.3) is 0 Å². The third kappa shape index (κ3) is 0.743. The van der Waals surface area contributed by atoms with Crippen molar-refractivity contribution in [1.29, 1.82) is 0 Å². The lowest BCUT2D eigenvalue weighted by molar-refractivity contribution is 0.102. The zero-order valence-corrected chi connectivity index (χ0v) is 6.02. The van der Waals surface area contributed by atoms with Gasteiger partial charge in [0.1, 0.15) is 0 Å². The van der Waals surface area contributed by atoms with E-state index in [9.17, 15) is 4.79 Å². The van der Waals surface area contributed by atoms with Gasteiger partial charge in [0.15, 0.2) is 5.78 Å². The maximum absolute atomic E-state index is 11.0. The highest BCUT2D eigenvalue weighted by Gasteiger charge is 2.18. The number of carbonyl (C=O) groups is 1.